The summed E-state index contributed by atoms with van der Waals surface area (Å²) in [4.78, 5) is 18.3. The van der Waals surface area contributed by atoms with Crippen molar-refractivity contribution in [2.45, 2.75) is 43.9 Å². The number of carbonyl (C=O) groups is 1. The van der Waals surface area contributed by atoms with Crippen molar-refractivity contribution < 1.29 is 17.6 Å². The number of amides is 1. The fourth-order valence-electron chi connectivity index (χ4n) is 3.29. The molecule has 0 bridgehead atoms. The van der Waals surface area contributed by atoms with Crippen LogP contribution in [0.1, 0.15) is 31.7 Å². The molecular weight excluding hydrogens is 375 g/mol. The molecule has 0 aromatic heterocycles. The molecule has 0 aliphatic carbocycles. The molecule has 0 radical (unpaired) electrons. The van der Waals surface area contributed by atoms with E-state index >= 15 is 0 Å². The molecule has 8 heteroatoms. The molecule has 0 saturated carbocycles. The summed E-state index contributed by atoms with van der Waals surface area (Å²) in [5.74, 6) is -0.187. The molecule has 2 saturated heterocycles. The van der Waals surface area contributed by atoms with Gasteiger partial charge in [0.05, 0.1) is 17.5 Å². The number of hydrogen-bond acceptors (Lipinski definition) is 4. The molecule has 26 heavy (non-hydrogen) atoms. The number of aliphatic imine (C=N–C) groups is 1. The van der Waals surface area contributed by atoms with E-state index < -0.39 is 9.84 Å². The Morgan fingerprint density at radius 1 is 1.31 bits per heavy atom. The van der Waals surface area contributed by atoms with Gasteiger partial charge in [-0.25, -0.2) is 12.8 Å². The van der Waals surface area contributed by atoms with Gasteiger partial charge in [-0.15, -0.1) is 0 Å². The average Bonchev–Trinajstić information content (AvgIpc) is 3.04. The first kappa shape index (κ1) is 19.4. The van der Waals surface area contributed by atoms with Gasteiger partial charge in [-0.2, -0.15) is 4.99 Å². The van der Waals surface area contributed by atoms with Crippen molar-refractivity contribution >= 4 is 32.7 Å². The van der Waals surface area contributed by atoms with Crippen LogP contribution in [0, 0.1) is 5.82 Å². The number of halogens is 1. The summed E-state index contributed by atoms with van der Waals surface area (Å²) in [5, 5.41) is 0.573. The van der Waals surface area contributed by atoms with E-state index in [9.17, 15) is 17.6 Å². The monoisotopic (exact) mass is 398 g/mol. The van der Waals surface area contributed by atoms with Crippen LogP contribution < -0.4 is 0 Å². The van der Waals surface area contributed by atoms with E-state index in [1.807, 2.05) is 11.8 Å². The van der Waals surface area contributed by atoms with Gasteiger partial charge >= 0.3 is 0 Å². The van der Waals surface area contributed by atoms with Gasteiger partial charge in [0.15, 0.2) is 15.0 Å². The summed E-state index contributed by atoms with van der Waals surface area (Å²) < 4.78 is 37.0. The van der Waals surface area contributed by atoms with E-state index in [1.165, 1.54) is 23.9 Å². The maximum absolute atomic E-state index is 13.1. The predicted molar refractivity (Wildman–Crippen MR) is 103 cm³/mol. The first-order chi connectivity index (χ1) is 12.4. The highest BCUT2D eigenvalue weighted by Gasteiger charge is 2.48. The normalized spacial score (nSPS) is 25.6. The lowest BCUT2D eigenvalue weighted by Gasteiger charge is -2.24. The molecule has 2 aliphatic rings. The maximum Gasteiger partial charge on any atom is 0.248 e. The summed E-state index contributed by atoms with van der Waals surface area (Å²) >= 11 is 1.41. The fourth-order valence-corrected chi connectivity index (χ4v) is 7.28. The Bertz CT molecular complexity index is 793. The number of thioether (sulfide) groups is 1. The molecule has 1 amide bonds. The van der Waals surface area contributed by atoms with Crippen LogP contribution in [-0.2, 0) is 21.1 Å². The number of fused-ring (bicyclic) bond motifs is 1. The van der Waals surface area contributed by atoms with Crippen molar-refractivity contribution in [3.8, 4) is 0 Å². The Hall–Kier alpha value is -1.41. The van der Waals surface area contributed by atoms with Crippen molar-refractivity contribution in [2.75, 3.05) is 18.1 Å². The van der Waals surface area contributed by atoms with E-state index in [4.69, 9.17) is 0 Å². The second-order valence-electron chi connectivity index (χ2n) is 6.76. The van der Waals surface area contributed by atoms with E-state index in [0.717, 1.165) is 18.4 Å². The third-order valence-corrected chi connectivity index (χ3v) is 7.94. The number of amidine groups is 1. The van der Waals surface area contributed by atoms with Crippen molar-refractivity contribution in [3.63, 3.8) is 0 Å². The quantitative estimate of drug-likeness (QED) is 0.737. The van der Waals surface area contributed by atoms with Crippen molar-refractivity contribution in [2.24, 2.45) is 4.99 Å². The topological polar surface area (TPSA) is 66.8 Å². The van der Waals surface area contributed by atoms with E-state index in [-0.39, 0.29) is 34.5 Å². The number of hydrogen-bond donors (Lipinski definition) is 0. The van der Waals surface area contributed by atoms with E-state index in [2.05, 4.69) is 4.99 Å². The Morgan fingerprint density at radius 2 is 2.04 bits per heavy atom. The van der Waals surface area contributed by atoms with Crippen molar-refractivity contribution in [3.05, 3.63) is 35.6 Å². The summed E-state index contributed by atoms with van der Waals surface area (Å²) in [6.45, 7) is 2.59. The van der Waals surface area contributed by atoms with Crippen LogP contribution in [0.25, 0.3) is 0 Å². The van der Waals surface area contributed by atoms with Crippen molar-refractivity contribution in [1.29, 1.82) is 0 Å². The zero-order valence-electron chi connectivity index (χ0n) is 14.7. The maximum atomic E-state index is 13.1. The van der Waals surface area contributed by atoms with E-state index in [0.29, 0.717) is 24.6 Å². The third-order valence-electron chi connectivity index (χ3n) is 4.69. The number of nitrogens with zero attached hydrogens (tertiary/aromatic N) is 2. The molecule has 2 aliphatic heterocycles. The van der Waals surface area contributed by atoms with Crippen LogP contribution in [0.15, 0.2) is 29.3 Å². The Kier molecular flexibility index (Phi) is 6.02. The van der Waals surface area contributed by atoms with Gasteiger partial charge in [0.2, 0.25) is 5.91 Å². The molecule has 0 spiro atoms. The molecule has 0 unspecified atom stereocenters. The minimum Gasteiger partial charge on any atom is -0.346 e. The third kappa shape index (κ3) is 4.65. The SMILES string of the molecule is CCCCC(=O)N=C1S[C@@H]2CS(=O)(=O)C[C@@H]2N1CCc1ccc(F)cc1. The molecule has 142 valence electrons. The predicted octanol–water partition coefficient (Wildman–Crippen LogP) is 2.66. The second-order valence-corrected chi connectivity index (χ2v) is 10.1. The smallest absolute Gasteiger partial charge is 0.248 e. The highest BCUT2D eigenvalue weighted by molar-refractivity contribution is 8.15. The fraction of sp³-hybridized carbons (Fsp3) is 0.556. The van der Waals surface area contributed by atoms with Gasteiger partial charge in [-0.05, 0) is 30.5 Å². The Morgan fingerprint density at radius 3 is 2.73 bits per heavy atom. The Labute approximate surface area is 158 Å². The van der Waals surface area contributed by atoms with Crippen LogP contribution in [0.4, 0.5) is 4.39 Å². The summed E-state index contributed by atoms with van der Waals surface area (Å²) in [7, 11) is -3.05. The number of carbonyl (C=O) groups excluding carboxylic acids is 1. The average molecular weight is 399 g/mol. The molecule has 2 fully saturated rings. The minimum atomic E-state index is -3.05. The summed E-state index contributed by atoms with van der Waals surface area (Å²) in [6.07, 6.45) is 2.80. The number of unbranched alkanes of at least 4 members (excludes halogenated alkanes) is 1. The minimum absolute atomic E-state index is 0.0639. The lowest BCUT2D eigenvalue weighted by molar-refractivity contribution is -0.117. The molecule has 2 atom stereocenters. The standard InChI is InChI=1S/C18H23FN2O3S2/c1-2-3-4-17(22)20-18-21(10-9-13-5-7-14(19)8-6-13)15-11-26(23,24)12-16(15)25-18/h5-8,15-16H,2-4,9-12H2,1H3/t15-,16+/m0/s1. The molecule has 3 rings (SSSR count). The summed E-state index contributed by atoms with van der Waals surface area (Å²) in [6, 6.07) is 6.15. The van der Waals surface area contributed by atoms with Crippen LogP contribution in [0.2, 0.25) is 0 Å². The second kappa shape index (κ2) is 8.08. The van der Waals surface area contributed by atoms with Gasteiger partial charge in [0.1, 0.15) is 5.82 Å². The first-order valence-electron chi connectivity index (χ1n) is 8.87. The van der Waals surface area contributed by atoms with Gasteiger partial charge < -0.3 is 4.90 Å². The number of sulfone groups is 1. The highest BCUT2D eigenvalue weighted by Crippen LogP contribution is 2.38. The van der Waals surface area contributed by atoms with Crippen molar-refractivity contribution in [1.82, 2.24) is 4.90 Å². The van der Waals surface area contributed by atoms with Gasteiger partial charge in [-0.3, -0.25) is 4.79 Å². The van der Waals surface area contributed by atoms with Gasteiger partial charge in [0, 0.05) is 18.2 Å². The molecule has 1 aromatic carbocycles. The Balaban J connectivity index is 1.74. The van der Waals surface area contributed by atoms with Crippen LogP contribution in [0.3, 0.4) is 0 Å². The molecule has 1 aromatic rings. The van der Waals surface area contributed by atoms with Gasteiger partial charge in [-0.1, -0.05) is 37.2 Å². The molecule has 2 heterocycles. The van der Waals surface area contributed by atoms with Crippen LogP contribution in [-0.4, -0.2) is 53.7 Å². The molecule has 0 N–H and O–H groups in total. The highest BCUT2D eigenvalue weighted by atomic mass is 32.2. The zero-order chi connectivity index (χ0) is 18.7. The zero-order valence-corrected chi connectivity index (χ0v) is 16.4. The summed E-state index contributed by atoms with van der Waals surface area (Å²) in [5.41, 5.74) is 0.970. The first-order valence-corrected chi connectivity index (χ1v) is 11.6. The lowest BCUT2D eigenvalue weighted by Crippen LogP contribution is -2.39. The largest absolute Gasteiger partial charge is 0.346 e. The lowest BCUT2D eigenvalue weighted by atomic mass is 10.1. The van der Waals surface area contributed by atoms with Gasteiger partial charge in [0.25, 0.3) is 0 Å². The number of rotatable bonds is 6. The van der Waals surface area contributed by atoms with Crippen LogP contribution >= 0.6 is 11.8 Å². The molecular formula is C18H23FN2O3S2. The molecule has 5 nitrogen and oxygen atoms in total. The number of benzene rings is 1. The van der Waals surface area contributed by atoms with E-state index in [1.54, 1.807) is 12.1 Å². The van der Waals surface area contributed by atoms with Crippen LogP contribution in [0.5, 0.6) is 0 Å².